The van der Waals surface area contributed by atoms with Crippen molar-refractivity contribution in [3.63, 3.8) is 0 Å². The molecule has 0 aromatic heterocycles. The van der Waals surface area contributed by atoms with Crippen LogP contribution in [0.5, 0.6) is 0 Å². The number of hydrogen-bond donors (Lipinski definition) is 1. The fourth-order valence-electron chi connectivity index (χ4n) is 1.58. The minimum absolute atomic E-state index is 0.0677. The Balaban J connectivity index is 3.18. The molecule has 0 aromatic carbocycles. The number of nitrogens with one attached hydrogen (secondary N) is 1. The van der Waals surface area contributed by atoms with E-state index in [0.717, 1.165) is 32.2 Å². The van der Waals surface area contributed by atoms with E-state index in [9.17, 15) is 4.79 Å². The van der Waals surface area contributed by atoms with Gasteiger partial charge in [0.15, 0.2) is 6.29 Å². The number of methoxy groups -OCH3 is 2. The van der Waals surface area contributed by atoms with E-state index >= 15 is 0 Å². The first-order chi connectivity index (χ1) is 8.24. The molecule has 0 atom stereocenters. The molecule has 100 valence electrons. The maximum Gasteiger partial charge on any atom is 0.243 e. The number of hydrogen-bond acceptors (Lipinski definition) is 3. The van der Waals surface area contributed by atoms with Crippen LogP contribution in [0.4, 0.5) is 0 Å². The summed E-state index contributed by atoms with van der Waals surface area (Å²) >= 11 is 0. The number of rotatable bonds is 11. The smallest absolute Gasteiger partial charge is 0.243 e. The molecule has 0 aromatic rings. The molecule has 4 nitrogen and oxygen atoms in total. The Bertz CT molecular complexity index is 203. The minimum Gasteiger partial charge on any atom is -0.356 e. The molecule has 0 unspecified atom stereocenters. The molecule has 0 radical (unpaired) electrons. The lowest BCUT2D eigenvalue weighted by Crippen LogP contribution is -2.21. The second kappa shape index (κ2) is 11.6. The van der Waals surface area contributed by atoms with Crippen molar-refractivity contribution in [2.75, 3.05) is 20.8 Å². The van der Waals surface area contributed by atoms with Crippen molar-refractivity contribution in [1.82, 2.24) is 5.32 Å². The monoisotopic (exact) mass is 243 g/mol. The predicted octanol–water partition coefficient (Wildman–Crippen LogP) is 2.25. The van der Waals surface area contributed by atoms with Crippen molar-refractivity contribution in [3.05, 3.63) is 12.7 Å². The third-order valence-electron chi connectivity index (χ3n) is 2.63. The summed E-state index contributed by atoms with van der Waals surface area (Å²) in [5.74, 6) is -0.0898. The highest BCUT2D eigenvalue weighted by Gasteiger charge is 2.03. The molecule has 1 amide bonds. The van der Waals surface area contributed by atoms with Crippen LogP contribution in [-0.2, 0) is 14.3 Å². The van der Waals surface area contributed by atoms with Crippen LogP contribution in [0.3, 0.4) is 0 Å². The summed E-state index contributed by atoms with van der Waals surface area (Å²) in [6, 6.07) is 0. The second-order valence-corrected chi connectivity index (χ2v) is 3.95. The highest BCUT2D eigenvalue weighted by molar-refractivity contribution is 5.86. The Kier molecular flexibility index (Phi) is 11.0. The van der Waals surface area contributed by atoms with E-state index in [0.29, 0.717) is 0 Å². The molecule has 1 N–H and O–H groups in total. The van der Waals surface area contributed by atoms with Gasteiger partial charge in [-0.3, -0.25) is 4.79 Å². The van der Waals surface area contributed by atoms with Crippen molar-refractivity contribution in [1.29, 1.82) is 0 Å². The average Bonchev–Trinajstić information content (AvgIpc) is 2.36. The summed E-state index contributed by atoms with van der Waals surface area (Å²) in [5, 5.41) is 2.76. The Morgan fingerprint density at radius 1 is 1.18 bits per heavy atom. The van der Waals surface area contributed by atoms with Gasteiger partial charge in [0.1, 0.15) is 0 Å². The zero-order chi connectivity index (χ0) is 12.9. The highest BCUT2D eigenvalue weighted by Crippen LogP contribution is 2.09. The number of amides is 1. The molecule has 0 saturated carbocycles. The Labute approximate surface area is 104 Å². The maximum atomic E-state index is 10.8. The van der Waals surface area contributed by atoms with Crippen molar-refractivity contribution >= 4 is 5.91 Å². The lowest BCUT2D eigenvalue weighted by atomic mass is 10.1. The summed E-state index contributed by atoms with van der Waals surface area (Å²) in [5.41, 5.74) is 0. The normalized spacial score (nSPS) is 10.5. The quantitative estimate of drug-likeness (QED) is 0.344. The zero-order valence-electron chi connectivity index (χ0n) is 11.0. The van der Waals surface area contributed by atoms with Gasteiger partial charge in [-0.1, -0.05) is 25.8 Å². The average molecular weight is 243 g/mol. The lowest BCUT2D eigenvalue weighted by Gasteiger charge is -2.12. The summed E-state index contributed by atoms with van der Waals surface area (Å²) < 4.78 is 10.2. The van der Waals surface area contributed by atoms with Gasteiger partial charge < -0.3 is 14.8 Å². The van der Waals surface area contributed by atoms with Crippen molar-refractivity contribution in [2.24, 2.45) is 0 Å². The van der Waals surface area contributed by atoms with Gasteiger partial charge >= 0.3 is 0 Å². The third-order valence-corrected chi connectivity index (χ3v) is 2.63. The van der Waals surface area contributed by atoms with E-state index in [1.165, 1.54) is 18.9 Å². The van der Waals surface area contributed by atoms with Crippen molar-refractivity contribution < 1.29 is 14.3 Å². The molecule has 0 rings (SSSR count). The summed E-state index contributed by atoms with van der Waals surface area (Å²) in [6.07, 6.45) is 7.82. The van der Waals surface area contributed by atoms with Crippen LogP contribution >= 0.6 is 0 Å². The van der Waals surface area contributed by atoms with E-state index in [1.807, 2.05) is 0 Å². The van der Waals surface area contributed by atoms with Crippen molar-refractivity contribution in [3.8, 4) is 0 Å². The molecule has 0 heterocycles. The predicted molar refractivity (Wildman–Crippen MR) is 68.7 cm³/mol. The molecular weight excluding hydrogens is 218 g/mol. The van der Waals surface area contributed by atoms with Gasteiger partial charge in [-0.15, -0.1) is 0 Å². The van der Waals surface area contributed by atoms with Crippen LogP contribution in [-0.4, -0.2) is 33.0 Å². The van der Waals surface area contributed by atoms with Crippen LogP contribution in [0.1, 0.15) is 38.5 Å². The summed E-state index contributed by atoms with van der Waals surface area (Å²) in [7, 11) is 3.33. The number of unbranched alkanes of at least 4 members (excludes halogenated alkanes) is 4. The minimum atomic E-state index is -0.0898. The molecule has 0 aliphatic carbocycles. The molecule has 0 aliphatic heterocycles. The van der Waals surface area contributed by atoms with Gasteiger partial charge in [-0.05, 0) is 25.3 Å². The highest BCUT2D eigenvalue weighted by atomic mass is 16.7. The van der Waals surface area contributed by atoms with E-state index in [-0.39, 0.29) is 12.2 Å². The largest absolute Gasteiger partial charge is 0.356 e. The third kappa shape index (κ3) is 10.0. The van der Waals surface area contributed by atoms with Crippen LogP contribution < -0.4 is 5.32 Å². The van der Waals surface area contributed by atoms with Gasteiger partial charge in [0.25, 0.3) is 0 Å². The fraction of sp³-hybridized carbons (Fsp3) is 0.769. The maximum absolute atomic E-state index is 10.8. The molecule has 0 aliphatic rings. The zero-order valence-corrected chi connectivity index (χ0v) is 11.0. The topological polar surface area (TPSA) is 47.6 Å². The van der Waals surface area contributed by atoms with E-state index in [1.54, 1.807) is 14.2 Å². The van der Waals surface area contributed by atoms with Gasteiger partial charge in [0.2, 0.25) is 5.91 Å². The van der Waals surface area contributed by atoms with E-state index in [4.69, 9.17) is 9.47 Å². The first kappa shape index (κ1) is 16.1. The van der Waals surface area contributed by atoms with Crippen LogP contribution in [0, 0.1) is 0 Å². The van der Waals surface area contributed by atoms with Crippen LogP contribution in [0.25, 0.3) is 0 Å². The molecule has 0 spiro atoms. The van der Waals surface area contributed by atoms with Gasteiger partial charge in [-0.2, -0.15) is 0 Å². The van der Waals surface area contributed by atoms with Gasteiger partial charge in [-0.25, -0.2) is 0 Å². The van der Waals surface area contributed by atoms with Gasteiger partial charge in [0, 0.05) is 20.8 Å². The molecule has 0 bridgehead atoms. The first-order valence-corrected chi connectivity index (χ1v) is 6.20. The molecule has 0 fully saturated rings. The number of ether oxygens (including phenoxy) is 2. The Hall–Kier alpha value is -0.870. The number of carbonyl (C=O) groups excluding carboxylic acids is 1. The summed E-state index contributed by atoms with van der Waals surface area (Å²) in [6.45, 7) is 4.14. The van der Waals surface area contributed by atoms with Crippen LogP contribution in [0.2, 0.25) is 0 Å². The van der Waals surface area contributed by atoms with E-state index < -0.39 is 0 Å². The fourth-order valence-corrected chi connectivity index (χ4v) is 1.58. The number of carbonyl (C=O) groups is 1. The van der Waals surface area contributed by atoms with E-state index in [2.05, 4.69) is 11.9 Å². The van der Waals surface area contributed by atoms with Gasteiger partial charge in [0.05, 0.1) is 0 Å². The lowest BCUT2D eigenvalue weighted by molar-refractivity contribution is -0.116. The SMILES string of the molecule is C=CC(=O)NCCCCCCCC(OC)OC. The van der Waals surface area contributed by atoms with Crippen LogP contribution in [0.15, 0.2) is 12.7 Å². The second-order valence-electron chi connectivity index (χ2n) is 3.95. The summed E-state index contributed by atoms with van der Waals surface area (Å²) in [4.78, 5) is 10.8. The standard InChI is InChI=1S/C13H25NO3/c1-4-12(15)14-11-9-7-5-6-8-10-13(16-2)17-3/h4,13H,1,5-11H2,2-3H3,(H,14,15). The molecule has 17 heavy (non-hydrogen) atoms. The van der Waals surface area contributed by atoms with Crippen molar-refractivity contribution in [2.45, 2.75) is 44.8 Å². The molecule has 0 saturated heterocycles. The molecular formula is C13H25NO3. The molecule has 4 heteroatoms. The Morgan fingerprint density at radius 2 is 1.76 bits per heavy atom. The Morgan fingerprint density at radius 3 is 2.35 bits per heavy atom. The first-order valence-electron chi connectivity index (χ1n) is 6.20.